The van der Waals surface area contributed by atoms with Crippen molar-refractivity contribution in [3.8, 4) is 0 Å². The Labute approximate surface area is 172 Å². The summed E-state index contributed by atoms with van der Waals surface area (Å²) in [6.45, 7) is 2.22. The summed E-state index contributed by atoms with van der Waals surface area (Å²) in [5.74, 6) is -0.365. The number of carbonyl (C=O) groups excluding carboxylic acids is 2. The number of amides is 2. The van der Waals surface area contributed by atoms with Crippen LogP contribution in [-0.4, -0.2) is 27.6 Å². The van der Waals surface area contributed by atoms with Gasteiger partial charge in [0.05, 0.1) is 4.91 Å². The molecule has 3 rings (SSSR count). The monoisotopic (exact) mass is 416 g/mol. The third kappa shape index (κ3) is 4.97. The van der Waals surface area contributed by atoms with Gasteiger partial charge in [0.2, 0.25) is 5.91 Å². The molecule has 0 radical (unpaired) electrons. The Balaban J connectivity index is 1.61. The van der Waals surface area contributed by atoms with Gasteiger partial charge in [-0.2, -0.15) is 0 Å². The minimum atomic E-state index is -0.201. The number of nitrogens with one attached hydrogen (secondary N) is 1. The minimum absolute atomic E-state index is 0.164. The van der Waals surface area contributed by atoms with Gasteiger partial charge >= 0.3 is 0 Å². The number of thioether (sulfide) groups is 1. The Hall–Kier alpha value is -2.15. The zero-order chi connectivity index (χ0) is 19.4. The van der Waals surface area contributed by atoms with Gasteiger partial charge in [0.1, 0.15) is 4.32 Å². The Bertz CT molecular complexity index is 926. The maximum absolute atomic E-state index is 12.6. The van der Waals surface area contributed by atoms with E-state index in [0.29, 0.717) is 14.2 Å². The van der Waals surface area contributed by atoms with Crippen molar-refractivity contribution >= 4 is 63.5 Å². The Morgan fingerprint density at radius 2 is 1.93 bits per heavy atom. The van der Waals surface area contributed by atoms with E-state index in [1.165, 1.54) is 16.7 Å². The molecule has 27 heavy (non-hydrogen) atoms. The third-order valence-electron chi connectivity index (χ3n) is 3.96. The summed E-state index contributed by atoms with van der Waals surface area (Å²) >= 11 is 12.7. The standard InChI is InChI=1S/C20H17ClN2O2S2/c1-13-6-8-15(9-7-13)22-18(24)10-11-23-19(25)17(27-20(23)26)12-14-4-2-3-5-16(14)21/h2-9,12H,10-11H2,1H3,(H,22,24)/b17-12-. The second-order valence-corrected chi connectivity index (χ2v) is 8.10. The molecule has 0 saturated carbocycles. The van der Waals surface area contributed by atoms with Gasteiger partial charge in [-0.15, -0.1) is 0 Å². The van der Waals surface area contributed by atoms with Crippen LogP contribution >= 0.6 is 35.6 Å². The molecule has 0 unspecified atom stereocenters. The van der Waals surface area contributed by atoms with Gasteiger partial charge in [0.25, 0.3) is 5.91 Å². The molecule has 0 atom stereocenters. The Morgan fingerprint density at radius 1 is 1.22 bits per heavy atom. The van der Waals surface area contributed by atoms with Gasteiger partial charge in [0.15, 0.2) is 0 Å². The lowest BCUT2D eigenvalue weighted by molar-refractivity contribution is -0.122. The van der Waals surface area contributed by atoms with E-state index in [-0.39, 0.29) is 24.8 Å². The minimum Gasteiger partial charge on any atom is -0.326 e. The number of nitrogens with zero attached hydrogens (tertiary/aromatic N) is 1. The molecule has 1 heterocycles. The summed E-state index contributed by atoms with van der Waals surface area (Å²) in [5, 5.41) is 3.39. The lowest BCUT2D eigenvalue weighted by atomic mass is 10.2. The molecule has 7 heteroatoms. The second kappa shape index (κ2) is 8.69. The van der Waals surface area contributed by atoms with E-state index in [4.69, 9.17) is 23.8 Å². The average Bonchev–Trinajstić information content (AvgIpc) is 2.90. The fourth-order valence-corrected chi connectivity index (χ4v) is 3.99. The molecule has 0 bridgehead atoms. The first-order valence-corrected chi connectivity index (χ1v) is 9.91. The summed E-state index contributed by atoms with van der Waals surface area (Å²) < 4.78 is 0.446. The predicted octanol–water partition coefficient (Wildman–Crippen LogP) is 4.88. The molecule has 138 valence electrons. The van der Waals surface area contributed by atoms with Crippen LogP contribution in [0.25, 0.3) is 6.08 Å². The van der Waals surface area contributed by atoms with Crippen molar-refractivity contribution in [2.75, 3.05) is 11.9 Å². The molecule has 1 aliphatic heterocycles. The van der Waals surface area contributed by atoms with E-state index in [1.807, 2.05) is 49.4 Å². The molecule has 1 N–H and O–H groups in total. The number of rotatable bonds is 5. The van der Waals surface area contributed by atoms with Gasteiger partial charge in [-0.05, 0) is 36.8 Å². The second-order valence-electron chi connectivity index (χ2n) is 6.02. The van der Waals surface area contributed by atoms with E-state index in [0.717, 1.165) is 16.8 Å². The predicted molar refractivity (Wildman–Crippen MR) is 116 cm³/mol. The van der Waals surface area contributed by atoms with E-state index in [2.05, 4.69) is 5.32 Å². The van der Waals surface area contributed by atoms with Crippen LogP contribution in [0.2, 0.25) is 5.02 Å². The molecule has 1 aliphatic rings. The molecule has 2 aromatic rings. The molecular weight excluding hydrogens is 400 g/mol. The molecular formula is C20H17ClN2O2S2. The third-order valence-corrected chi connectivity index (χ3v) is 5.69. The van der Waals surface area contributed by atoms with Crippen LogP contribution in [-0.2, 0) is 9.59 Å². The normalized spacial score (nSPS) is 15.5. The van der Waals surface area contributed by atoms with Crippen molar-refractivity contribution in [3.05, 3.63) is 69.6 Å². The number of benzene rings is 2. The van der Waals surface area contributed by atoms with E-state index < -0.39 is 0 Å². The van der Waals surface area contributed by atoms with Crippen molar-refractivity contribution < 1.29 is 9.59 Å². The number of hydrogen-bond donors (Lipinski definition) is 1. The van der Waals surface area contributed by atoms with E-state index in [1.54, 1.807) is 12.1 Å². The van der Waals surface area contributed by atoms with Crippen molar-refractivity contribution in [3.63, 3.8) is 0 Å². The number of aryl methyl sites for hydroxylation is 1. The Kier molecular flexibility index (Phi) is 6.31. The van der Waals surface area contributed by atoms with Crippen LogP contribution in [0.4, 0.5) is 5.69 Å². The van der Waals surface area contributed by atoms with E-state index >= 15 is 0 Å². The molecule has 0 aliphatic carbocycles. The van der Waals surface area contributed by atoms with Crippen LogP contribution in [0.1, 0.15) is 17.5 Å². The van der Waals surface area contributed by atoms with Crippen molar-refractivity contribution in [1.82, 2.24) is 4.90 Å². The van der Waals surface area contributed by atoms with Gasteiger partial charge in [-0.25, -0.2) is 0 Å². The van der Waals surface area contributed by atoms with Crippen molar-refractivity contribution in [1.29, 1.82) is 0 Å². The van der Waals surface area contributed by atoms with Crippen LogP contribution in [0.15, 0.2) is 53.4 Å². The molecule has 0 aromatic heterocycles. The first-order valence-electron chi connectivity index (χ1n) is 8.30. The molecule has 0 spiro atoms. The molecule has 1 saturated heterocycles. The van der Waals surface area contributed by atoms with Gasteiger partial charge in [-0.3, -0.25) is 14.5 Å². The van der Waals surface area contributed by atoms with Crippen LogP contribution < -0.4 is 5.32 Å². The van der Waals surface area contributed by atoms with Crippen LogP contribution in [0.5, 0.6) is 0 Å². The van der Waals surface area contributed by atoms with Crippen LogP contribution in [0.3, 0.4) is 0 Å². The zero-order valence-electron chi connectivity index (χ0n) is 14.6. The van der Waals surface area contributed by atoms with Crippen molar-refractivity contribution in [2.45, 2.75) is 13.3 Å². The summed E-state index contributed by atoms with van der Waals surface area (Å²) in [6, 6.07) is 14.8. The highest BCUT2D eigenvalue weighted by atomic mass is 35.5. The molecule has 2 aromatic carbocycles. The highest BCUT2D eigenvalue weighted by Crippen LogP contribution is 2.33. The van der Waals surface area contributed by atoms with E-state index in [9.17, 15) is 9.59 Å². The summed E-state index contributed by atoms with van der Waals surface area (Å²) in [5.41, 5.74) is 2.61. The Morgan fingerprint density at radius 3 is 2.63 bits per heavy atom. The lowest BCUT2D eigenvalue weighted by Gasteiger charge is -2.14. The number of halogens is 1. The van der Waals surface area contributed by atoms with Gasteiger partial charge in [-0.1, -0.05) is 71.5 Å². The lowest BCUT2D eigenvalue weighted by Crippen LogP contribution is -2.31. The quantitative estimate of drug-likeness (QED) is 0.557. The largest absolute Gasteiger partial charge is 0.326 e. The SMILES string of the molecule is Cc1ccc(NC(=O)CCN2C(=O)/C(=C/c3ccccc3Cl)SC2=S)cc1. The highest BCUT2D eigenvalue weighted by molar-refractivity contribution is 8.26. The number of anilines is 1. The smallest absolute Gasteiger partial charge is 0.266 e. The first kappa shape index (κ1) is 19.6. The fraction of sp³-hybridized carbons (Fsp3) is 0.150. The van der Waals surface area contributed by atoms with Gasteiger partial charge < -0.3 is 5.32 Å². The number of carbonyl (C=O) groups is 2. The van der Waals surface area contributed by atoms with Crippen LogP contribution in [0, 0.1) is 6.92 Å². The number of hydrogen-bond acceptors (Lipinski definition) is 4. The fourth-order valence-electron chi connectivity index (χ4n) is 2.50. The molecule has 4 nitrogen and oxygen atoms in total. The number of thiocarbonyl (C=S) groups is 1. The topological polar surface area (TPSA) is 49.4 Å². The summed E-state index contributed by atoms with van der Waals surface area (Å²) in [4.78, 5) is 26.7. The summed E-state index contributed by atoms with van der Waals surface area (Å²) in [7, 11) is 0. The highest BCUT2D eigenvalue weighted by Gasteiger charge is 2.32. The maximum Gasteiger partial charge on any atom is 0.266 e. The van der Waals surface area contributed by atoms with Crippen molar-refractivity contribution in [2.24, 2.45) is 0 Å². The van der Waals surface area contributed by atoms with Gasteiger partial charge in [0, 0.05) is 23.7 Å². The molecule has 1 fully saturated rings. The average molecular weight is 417 g/mol. The zero-order valence-corrected chi connectivity index (χ0v) is 17.0. The maximum atomic E-state index is 12.6. The molecule has 2 amide bonds. The first-order chi connectivity index (χ1) is 12.9. The summed E-state index contributed by atoms with van der Waals surface area (Å²) in [6.07, 6.45) is 1.90.